The second-order valence-corrected chi connectivity index (χ2v) is 11.8. The van der Waals surface area contributed by atoms with Gasteiger partial charge in [0.2, 0.25) is 29.5 Å². The Labute approximate surface area is 286 Å². The molecule has 0 aliphatic heterocycles. The lowest BCUT2D eigenvalue weighted by molar-refractivity contribution is -0.142. The molecule has 0 bridgehead atoms. The fraction of sp³-hybridized carbons (Fsp3) is 0.724. The summed E-state index contributed by atoms with van der Waals surface area (Å²) < 4.78 is 0. The molecule has 17 N–H and O–H groups in total. The van der Waals surface area contributed by atoms with Gasteiger partial charge in [0.25, 0.3) is 0 Å². The highest BCUT2D eigenvalue weighted by Crippen LogP contribution is 2.08. The first-order valence-electron chi connectivity index (χ1n) is 16.2. The van der Waals surface area contributed by atoms with Gasteiger partial charge in [0.15, 0.2) is 11.9 Å². The number of aliphatic hydroxyl groups is 1. The fourth-order valence-electron chi connectivity index (χ4n) is 4.55. The van der Waals surface area contributed by atoms with Crippen LogP contribution in [0.5, 0.6) is 0 Å². The van der Waals surface area contributed by atoms with E-state index in [1.165, 1.54) is 6.92 Å². The number of carboxylic acids is 1. The number of amides is 5. The zero-order valence-corrected chi connectivity index (χ0v) is 28.5. The standard InChI is InChI=1S/C29H56N12O8/c1-16(2)22(37-17(3)43)26(47)41-21(15-42)25(46)39-18(9-5-4-6-12-30)23(44)38-19(10-7-13-35-28(31)32)24(45)40-20(27(48)49)11-8-14-36-29(33)34/h16,18-22,42H,4-15,30H2,1-3H3,(H,37,43)(H,38,44)(H,39,46)(H,40,45)(H,41,47)(H,48,49)(H4,31,32,35)(H4,33,34,36)/t18-,19-,20-,21-,22-/m0/s1. The second-order valence-electron chi connectivity index (χ2n) is 11.8. The lowest BCUT2D eigenvalue weighted by Crippen LogP contribution is -2.60. The minimum atomic E-state index is -1.48. The number of aliphatic hydroxyl groups excluding tert-OH is 1. The molecule has 0 saturated heterocycles. The van der Waals surface area contributed by atoms with Crippen molar-refractivity contribution in [2.45, 2.75) is 102 Å². The molecular weight excluding hydrogens is 644 g/mol. The number of carbonyl (C=O) groups is 6. The molecule has 0 aliphatic carbocycles. The van der Waals surface area contributed by atoms with E-state index in [4.69, 9.17) is 28.0 Å². The Morgan fingerprint density at radius 3 is 1.47 bits per heavy atom. The highest BCUT2D eigenvalue weighted by molar-refractivity contribution is 5.96. The third kappa shape index (κ3) is 19.6. The summed E-state index contributed by atoms with van der Waals surface area (Å²) in [5, 5.41) is 51.7. The first-order chi connectivity index (χ1) is 23.0. The van der Waals surface area contributed by atoms with E-state index in [9.17, 15) is 39.0 Å². The molecule has 0 aromatic heterocycles. The predicted molar refractivity (Wildman–Crippen MR) is 181 cm³/mol. The van der Waals surface area contributed by atoms with Gasteiger partial charge in [-0.2, -0.15) is 0 Å². The van der Waals surface area contributed by atoms with Crippen LogP contribution >= 0.6 is 0 Å². The Bertz CT molecular complexity index is 1120. The quantitative estimate of drug-likeness (QED) is 0.0247. The van der Waals surface area contributed by atoms with Gasteiger partial charge in [0.05, 0.1) is 6.61 Å². The summed E-state index contributed by atoms with van der Waals surface area (Å²) in [5.74, 6) is -5.93. The van der Waals surface area contributed by atoms with E-state index in [1.807, 2.05) is 0 Å². The van der Waals surface area contributed by atoms with Crippen molar-refractivity contribution in [3.63, 3.8) is 0 Å². The number of carbonyl (C=O) groups excluding carboxylic acids is 5. The normalized spacial score (nSPS) is 13.8. The van der Waals surface area contributed by atoms with Crippen LogP contribution in [0.15, 0.2) is 0 Å². The summed E-state index contributed by atoms with van der Waals surface area (Å²) in [7, 11) is 0. The SMILES string of the molecule is CC(=O)N[C@H](C(=O)N[C@@H](CO)C(=O)N[C@@H](CCCCCN)C(=O)N[C@@H](CCCNC(=N)N)C(=O)N[C@@H](CCCNC(=N)N)C(=O)O)C(C)C. The molecule has 0 unspecified atom stereocenters. The molecule has 5 amide bonds. The van der Waals surface area contributed by atoms with Crippen LogP contribution in [0.3, 0.4) is 0 Å². The van der Waals surface area contributed by atoms with Gasteiger partial charge < -0.3 is 64.6 Å². The summed E-state index contributed by atoms with van der Waals surface area (Å²) in [4.78, 5) is 76.5. The molecule has 0 aromatic carbocycles. The molecule has 0 saturated carbocycles. The van der Waals surface area contributed by atoms with Crippen molar-refractivity contribution in [2.75, 3.05) is 26.2 Å². The van der Waals surface area contributed by atoms with Crippen molar-refractivity contribution in [2.24, 2.45) is 23.1 Å². The summed E-state index contributed by atoms with van der Waals surface area (Å²) in [6.45, 7) is 4.54. The van der Waals surface area contributed by atoms with Crippen LogP contribution in [0.1, 0.15) is 72.1 Å². The van der Waals surface area contributed by atoms with Gasteiger partial charge >= 0.3 is 5.97 Å². The van der Waals surface area contributed by atoms with Crippen molar-refractivity contribution >= 4 is 47.4 Å². The van der Waals surface area contributed by atoms with Crippen molar-refractivity contribution in [3.8, 4) is 0 Å². The first-order valence-corrected chi connectivity index (χ1v) is 16.2. The molecule has 5 atom stereocenters. The predicted octanol–water partition coefficient (Wildman–Crippen LogP) is -3.79. The van der Waals surface area contributed by atoms with E-state index in [0.29, 0.717) is 25.8 Å². The molecule has 0 spiro atoms. The van der Waals surface area contributed by atoms with Crippen LogP contribution in [-0.4, -0.2) is 114 Å². The molecule has 0 fully saturated rings. The van der Waals surface area contributed by atoms with Gasteiger partial charge in [0.1, 0.15) is 30.2 Å². The molecule has 0 radical (unpaired) electrons. The molecule has 20 nitrogen and oxygen atoms in total. The zero-order chi connectivity index (χ0) is 37.5. The highest BCUT2D eigenvalue weighted by atomic mass is 16.4. The maximum absolute atomic E-state index is 13.6. The summed E-state index contributed by atoms with van der Waals surface area (Å²) in [6, 6.07) is -6.30. The molecule has 280 valence electrons. The van der Waals surface area contributed by atoms with E-state index >= 15 is 0 Å². The van der Waals surface area contributed by atoms with Gasteiger partial charge in [-0.3, -0.25) is 34.8 Å². The van der Waals surface area contributed by atoms with E-state index in [2.05, 4.69) is 37.2 Å². The Morgan fingerprint density at radius 1 is 0.633 bits per heavy atom. The molecule has 20 heteroatoms. The average Bonchev–Trinajstić information content (AvgIpc) is 3.01. The van der Waals surface area contributed by atoms with Gasteiger partial charge in [0, 0.05) is 20.0 Å². The Hall–Kier alpha value is -4.72. The van der Waals surface area contributed by atoms with Crippen molar-refractivity contribution in [3.05, 3.63) is 0 Å². The van der Waals surface area contributed by atoms with Crippen molar-refractivity contribution in [1.29, 1.82) is 10.8 Å². The lowest BCUT2D eigenvalue weighted by Gasteiger charge is -2.27. The Balaban J connectivity index is 6.00. The number of rotatable bonds is 25. The topological polar surface area (TPSA) is 353 Å². The molecule has 0 heterocycles. The van der Waals surface area contributed by atoms with E-state index < -0.39 is 72.3 Å². The number of nitrogens with one attached hydrogen (secondary N) is 9. The largest absolute Gasteiger partial charge is 0.480 e. The zero-order valence-electron chi connectivity index (χ0n) is 28.5. The van der Waals surface area contributed by atoms with Crippen molar-refractivity contribution in [1.82, 2.24) is 37.2 Å². The third-order valence-corrected chi connectivity index (χ3v) is 7.17. The Kier molecular flexibility index (Phi) is 22.1. The third-order valence-electron chi connectivity index (χ3n) is 7.17. The monoisotopic (exact) mass is 700 g/mol. The van der Waals surface area contributed by atoms with Crippen LogP contribution in [0, 0.1) is 16.7 Å². The smallest absolute Gasteiger partial charge is 0.326 e. The van der Waals surface area contributed by atoms with Crippen molar-refractivity contribution < 1.29 is 39.0 Å². The molecule has 0 aliphatic rings. The number of unbranched alkanes of at least 4 members (excludes halogenated alkanes) is 2. The van der Waals surface area contributed by atoms with Gasteiger partial charge in [-0.25, -0.2) is 4.79 Å². The number of carboxylic acid groups (broad SMARTS) is 1. The second kappa shape index (κ2) is 24.4. The maximum atomic E-state index is 13.6. The molecule has 0 aromatic rings. The first kappa shape index (κ1) is 44.3. The summed E-state index contributed by atoms with van der Waals surface area (Å²) >= 11 is 0. The van der Waals surface area contributed by atoms with Gasteiger partial charge in [-0.15, -0.1) is 0 Å². The highest BCUT2D eigenvalue weighted by Gasteiger charge is 2.32. The van der Waals surface area contributed by atoms with Gasteiger partial charge in [-0.1, -0.05) is 26.7 Å². The minimum Gasteiger partial charge on any atom is -0.480 e. The summed E-state index contributed by atoms with van der Waals surface area (Å²) in [5.41, 5.74) is 16.1. The maximum Gasteiger partial charge on any atom is 0.326 e. The minimum absolute atomic E-state index is 0.00101. The Morgan fingerprint density at radius 2 is 1.06 bits per heavy atom. The number of nitrogens with two attached hydrogens (primary N) is 3. The van der Waals surface area contributed by atoms with Crippen LogP contribution in [0.2, 0.25) is 0 Å². The van der Waals surface area contributed by atoms with Crippen LogP contribution in [-0.2, 0) is 28.8 Å². The van der Waals surface area contributed by atoms with Crippen LogP contribution in [0.4, 0.5) is 0 Å². The van der Waals surface area contributed by atoms with Crippen LogP contribution < -0.4 is 54.4 Å². The number of aliphatic carboxylic acids is 1. The molecule has 0 rings (SSSR count). The molecule has 49 heavy (non-hydrogen) atoms. The van der Waals surface area contributed by atoms with E-state index in [0.717, 1.165) is 0 Å². The fourth-order valence-corrected chi connectivity index (χ4v) is 4.55. The van der Waals surface area contributed by atoms with Crippen LogP contribution in [0.25, 0.3) is 0 Å². The van der Waals surface area contributed by atoms with E-state index in [1.54, 1.807) is 13.8 Å². The number of hydrogen-bond acceptors (Lipinski definition) is 10. The average molecular weight is 701 g/mol. The lowest BCUT2D eigenvalue weighted by atomic mass is 10.0. The number of hydrogen-bond donors (Lipinski definition) is 14. The van der Waals surface area contributed by atoms with E-state index in [-0.39, 0.29) is 63.0 Å². The summed E-state index contributed by atoms with van der Waals surface area (Å²) in [6.07, 6.45) is 2.27. The van der Waals surface area contributed by atoms with Gasteiger partial charge in [-0.05, 0) is 51.0 Å². The molecular formula is C29H56N12O8. The number of guanidine groups is 2.